The minimum Gasteiger partial charge on any atom is -0.393 e. The number of nitrogens with one attached hydrogen (secondary N) is 3. The van der Waals surface area contributed by atoms with Crippen molar-refractivity contribution in [2.24, 2.45) is 11.8 Å². The number of aliphatic hydroxyl groups is 1. The standard InChI is InChI=1S/C29H40N4O2/c1-4-28(35)30-25-7-6-22-14-21(15-23(22)16-25)18-33-11-9-24(10-12-33)29(17-20(3)34)31-26-8-5-19(2)13-27(26)32-29/h5-8,13,16,20-21,24,31-32,34H,4,9-12,14-15,17-18H2,1-3H3,(H,30,35)/t20?,21-,29?/m1/s1. The quantitative estimate of drug-likeness (QED) is 0.463. The van der Waals surface area contributed by atoms with Crippen molar-refractivity contribution in [1.29, 1.82) is 0 Å². The summed E-state index contributed by atoms with van der Waals surface area (Å²) in [5, 5.41) is 20.9. The number of carbonyl (C=O) groups excluding carboxylic acids is 1. The predicted octanol–water partition coefficient (Wildman–Crippen LogP) is 4.78. The Hall–Kier alpha value is -2.57. The van der Waals surface area contributed by atoms with Crippen molar-refractivity contribution in [3.05, 3.63) is 53.1 Å². The van der Waals surface area contributed by atoms with Crippen LogP contribution in [0.25, 0.3) is 0 Å². The molecule has 35 heavy (non-hydrogen) atoms. The predicted molar refractivity (Wildman–Crippen MR) is 143 cm³/mol. The van der Waals surface area contributed by atoms with E-state index in [1.165, 1.54) is 16.7 Å². The first-order chi connectivity index (χ1) is 16.8. The maximum atomic E-state index is 11.8. The van der Waals surface area contributed by atoms with Gasteiger partial charge in [-0.25, -0.2) is 0 Å². The first-order valence-corrected chi connectivity index (χ1v) is 13.3. The molecule has 188 valence electrons. The number of benzene rings is 2. The third kappa shape index (κ3) is 5.19. The Labute approximate surface area is 209 Å². The molecule has 1 amide bonds. The summed E-state index contributed by atoms with van der Waals surface area (Å²) in [6, 6.07) is 12.9. The average molecular weight is 477 g/mol. The summed E-state index contributed by atoms with van der Waals surface area (Å²) in [6.07, 6.45) is 5.28. The highest BCUT2D eigenvalue weighted by Gasteiger charge is 2.45. The summed E-state index contributed by atoms with van der Waals surface area (Å²) in [5.41, 5.74) is 7.03. The monoisotopic (exact) mass is 476 g/mol. The maximum absolute atomic E-state index is 11.8. The van der Waals surface area contributed by atoms with Crippen LogP contribution >= 0.6 is 0 Å². The summed E-state index contributed by atoms with van der Waals surface area (Å²) < 4.78 is 0. The molecule has 0 spiro atoms. The van der Waals surface area contributed by atoms with Crippen LogP contribution in [0.2, 0.25) is 0 Å². The van der Waals surface area contributed by atoms with E-state index in [-0.39, 0.29) is 17.7 Å². The number of fused-ring (bicyclic) bond motifs is 2. The molecular formula is C29H40N4O2. The van der Waals surface area contributed by atoms with Gasteiger partial charge in [0.05, 0.1) is 17.5 Å². The fraction of sp³-hybridized carbons (Fsp3) is 0.552. The summed E-state index contributed by atoms with van der Waals surface area (Å²) in [5.74, 6) is 1.17. The zero-order valence-electron chi connectivity index (χ0n) is 21.4. The second kappa shape index (κ2) is 9.82. The van der Waals surface area contributed by atoms with E-state index in [2.05, 4.69) is 58.1 Å². The number of rotatable bonds is 7. The number of carbonyl (C=O) groups is 1. The third-order valence-corrected chi connectivity index (χ3v) is 8.14. The van der Waals surface area contributed by atoms with Crippen LogP contribution in [0, 0.1) is 18.8 Å². The molecule has 2 unspecified atom stereocenters. The van der Waals surface area contributed by atoms with Crippen molar-refractivity contribution in [3.8, 4) is 0 Å². The van der Waals surface area contributed by atoms with E-state index in [9.17, 15) is 9.90 Å². The van der Waals surface area contributed by atoms with Crippen molar-refractivity contribution >= 4 is 23.0 Å². The molecule has 4 N–H and O–H groups in total. The lowest BCUT2D eigenvalue weighted by Gasteiger charge is -2.44. The fourth-order valence-corrected chi connectivity index (χ4v) is 6.46. The molecule has 3 aliphatic rings. The van der Waals surface area contributed by atoms with Gasteiger partial charge in [0.1, 0.15) is 5.66 Å². The van der Waals surface area contributed by atoms with Crippen LogP contribution in [0.5, 0.6) is 0 Å². The number of amides is 1. The Morgan fingerprint density at radius 3 is 2.60 bits per heavy atom. The first kappa shape index (κ1) is 24.1. The Morgan fingerprint density at radius 1 is 1.11 bits per heavy atom. The molecule has 0 aromatic heterocycles. The molecule has 6 nitrogen and oxygen atoms in total. The second-order valence-electron chi connectivity index (χ2n) is 11.1. The van der Waals surface area contributed by atoms with Crippen molar-refractivity contribution < 1.29 is 9.90 Å². The highest BCUT2D eigenvalue weighted by Crippen LogP contribution is 2.44. The van der Waals surface area contributed by atoms with Crippen molar-refractivity contribution in [2.45, 2.75) is 71.1 Å². The molecule has 2 aromatic rings. The lowest BCUT2D eigenvalue weighted by Crippen LogP contribution is -2.54. The zero-order valence-corrected chi connectivity index (χ0v) is 21.4. The van der Waals surface area contributed by atoms with Crippen molar-refractivity contribution in [3.63, 3.8) is 0 Å². The number of piperidine rings is 1. The van der Waals surface area contributed by atoms with Crippen LogP contribution in [0.3, 0.4) is 0 Å². The molecule has 1 saturated heterocycles. The first-order valence-electron chi connectivity index (χ1n) is 13.3. The molecule has 1 fully saturated rings. The van der Waals surface area contributed by atoms with Gasteiger partial charge in [-0.2, -0.15) is 0 Å². The van der Waals surface area contributed by atoms with Crippen molar-refractivity contribution in [2.75, 3.05) is 35.6 Å². The molecular weight excluding hydrogens is 436 g/mol. The largest absolute Gasteiger partial charge is 0.393 e. The molecule has 0 bridgehead atoms. The van der Waals surface area contributed by atoms with E-state index < -0.39 is 0 Å². The zero-order chi connectivity index (χ0) is 24.6. The molecule has 5 rings (SSSR count). The molecule has 0 radical (unpaired) electrons. The number of likely N-dealkylation sites (tertiary alicyclic amines) is 1. The number of anilines is 3. The molecule has 2 aromatic carbocycles. The Morgan fingerprint density at radius 2 is 1.86 bits per heavy atom. The number of nitrogens with zero attached hydrogens (tertiary/aromatic N) is 1. The Balaban J connectivity index is 1.18. The van der Waals surface area contributed by atoms with Crippen LogP contribution in [0.15, 0.2) is 36.4 Å². The summed E-state index contributed by atoms with van der Waals surface area (Å²) in [7, 11) is 0. The van der Waals surface area contributed by atoms with Gasteiger partial charge < -0.3 is 26.0 Å². The smallest absolute Gasteiger partial charge is 0.224 e. The van der Waals surface area contributed by atoms with Crippen molar-refractivity contribution in [1.82, 2.24) is 4.90 Å². The van der Waals surface area contributed by atoms with E-state index in [0.29, 0.717) is 24.7 Å². The van der Waals surface area contributed by atoms with Gasteiger partial charge in [-0.1, -0.05) is 19.1 Å². The maximum Gasteiger partial charge on any atom is 0.224 e. The van der Waals surface area contributed by atoms with Gasteiger partial charge in [0.2, 0.25) is 5.91 Å². The number of hydrogen-bond donors (Lipinski definition) is 4. The lowest BCUT2D eigenvalue weighted by atomic mass is 9.81. The lowest BCUT2D eigenvalue weighted by molar-refractivity contribution is -0.115. The molecule has 2 aliphatic heterocycles. The highest BCUT2D eigenvalue weighted by atomic mass is 16.3. The Bertz CT molecular complexity index is 1080. The van der Waals surface area contributed by atoms with Gasteiger partial charge in [-0.05, 0) is 99.5 Å². The molecule has 6 heteroatoms. The molecule has 2 heterocycles. The fourth-order valence-electron chi connectivity index (χ4n) is 6.46. The molecule has 1 aliphatic carbocycles. The minimum absolute atomic E-state index is 0.0696. The van der Waals surface area contributed by atoms with Crippen LogP contribution < -0.4 is 16.0 Å². The second-order valence-corrected chi connectivity index (χ2v) is 11.1. The van der Waals surface area contributed by atoms with Gasteiger partial charge in [-0.15, -0.1) is 0 Å². The minimum atomic E-state index is -0.368. The van der Waals surface area contributed by atoms with Crippen LogP contribution in [-0.4, -0.2) is 47.3 Å². The SMILES string of the molecule is CCC(=O)Nc1ccc2c(c1)C[C@H](CN1CCC(C3(CC(C)O)Nc4ccc(C)cc4N3)CC1)C2. The highest BCUT2D eigenvalue weighted by molar-refractivity contribution is 5.90. The van der Waals surface area contributed by atoms with E-state index in [4.69, 9.17) is 0 Å². The molecule has 0 saturated carbocycles. The normalized spacial score (nSPS) is 24.9. The number of hydrogen-bond acceptors (Lipinski definition) is 5. The summed E-state index contributed by atoms with van der Waals surface area (Å²) in [4.78, 5) is 14.4. The topological polar surface area (TPSA) is 76.6 Å². The Kier molecular flexibility index (Phi) is 6.78. The van der Waals surface area contributed by atoms with Gasteiger partial charge in [0, 0.05) is 31.0 Å². The van der Waals surface area contributed by atoms with Crippen LogP contribution in [-0.2, 0) is 17.6 Å². The summed E-state index contributed by atoms with van der Waals surface area (Å²) in [6.45, 7) is 9.21. The number of aliphatic hydroxyl groups excluding tert-OH is 1. The van der Waals surface area contributed by atoms with Crippen LogP contribution in [0.4, 0.5) is 17.1 Å². The number of aryl methyl sites for hydroxylation is 1. The summed E-state index contributed by atoms with van der Waals surface area (Å²) >= 11 is 0. The average Bonchev–Trinajstić information content (AvgIpc) is 3.39. The van der Waals surface area contributed by atoms with Gasteiger partial charge >= 0.3 is 0 Å². The third-order valence-electron chi connectivity index (χ3n) is 8.14. The van der Waals surface area contributed by atoms with E-state index in [1.807, 2.05) is 19.9 Å². The van der Waals surface area contributed by atoms with E-state index >= 15 is 0 Å². The van der Waals surface area contributed by atoms with Gasteiger partial charge in [-0.3, -0.25) is 4.79 Å². The van der Waals surface area contributed by atoms with E-state index in [1.54, 1.807) is 0 Å². The molecule has 3 atom stereocenters. The van der Waals surface area contributed by atoms with Gasteiger partial charge in [0.15, 0.2) is 0 Å². The van der Waals surface area contributed by atoms with Crippen LogP contribution in [0.1, 0.15) is 56.2 Å². The van der Waals surface area contributed by atoms with E-state index in [0.717, 1.165) is 62.4 Å². The van der Waals surface area contributed by atoms with Gasteiger partial charge in [0.25, 0.3) is 0 Å².